The lowest BCUT2D eigenvalue weighted by Crippen LogP contribution is -2.29. The predicted molar refractivity (Wildman–Crippen MR) is 105 cm³/mol. The number of benzene rings is 1. The Morgan fingerprint density at radius 3 is 2.79 bits per heavy atom. The maximum atomic E-state index is 13.3. The molecule has 4 aromatic rings. The van der Waals surface area contributed by atoms with Crippen LogP contribution in [0.4, 0.5) is 10.1 Å². The molecular formula is C19H14FN5O2S. The minimum Gasteiger partial charge on any atom is -0.324 e. The first-order chi connectivity index (χ1) is 13.5. The Morgan fingerprint density at radius 1 is 1.25 bits per heavy atom. The summed E-state index contributed by atoms with van der Waals surface area (Å²) >= 11 is 1.04. The molecule has 0 fully saturated rings. The van der Waals surface area contributed by atoms with E-state index in [4.69, 9.17) is 0 Å². The van der Waals surface area contributed by atoms with Crippen molar-refractivity contribution in [2.75, 3.05) is 5.32 Å². The molecule has 0 saturated heterocycles. The Labute approximate surface area is 162 Å². The summed E-state index contributed by atoms with van der Waals surface area (Å²) in [4.78, 5) is 33.7. The lowest BCUT2D eigenvalue weighted by molar-refractivity contribution is -0.116. The van der Waals surface area contributed by atoms with Crippen molar-refractivity contribution in [3.63, 3.8) is 0 Å². The molecule has 0 spiro atoms. The van der Waals surface area contributed by atoms with E-state index in [1.54, 1.807) is 37.5 Å². The van der Waals surface area contributed by atoms with E-state index in [-0.39, 0.29) is 12.1 Å². The molecule has 1 N–H and O–H groups in total. The number of rotatable bonds is 4. The summed E-state index contributed by atoms with van der Waals surface area (Å²) in [6.45, 7) is 1.43. The summed E-state index contributed by atoms with van der Waals surface area (Å²) in [6.07, 6.45) is 3.29. The molecule has 0 atom stereocenters. The van der Waals surface area contributed by atoms with E-state index in [0.29, 0.717) is 27.4 Å². The van der Waals surface area contributed by atoms with Gasteiger partial charge in [-0.05, 0) is 48.8 Å². The molecule has 28 heavy (non-hydrogen) atoms. The maximum Gasteiger partial charge on any atom is 0.273 e. The largest absolute Gasteiger partial charge is 0.324 e. The van der Waals surface area contributed by atoms with Crippen LogP contribution in [0.2, 0.25) is 0 Å². The van der Waals surface area contributed by atoms with Crippen LogP contribution in [0.25, 0.3) is 21.5 Å². The third-order valence-electron chi connectivity index (χ3n) is 4.14. The van der Waals surface area contributed by atoms with Crippen LogP contribution < -0.4 is 10.9 Å². The number of aryl methyl sites for hydroxylation is 1. The van der Waals surface area contributed by atoms with Crippen molar-refractivity contribution < 1.29 is 9.18 Å². The van der Waals surface area contributed by atoms with Gasteiger partial charge in [0.25, 0.3) is 5.56 Å². The average molecular weight is 395 g/mol. The highest BCUT2D eigenvalue weighted by Crippen LogP contribution is 2.27. The molecule has 3 heterocycles. The number of fused-ring (bicyclic) bond motifs is 1. The Bertz CT molecular complexity index is 1240. The van der Waals surface area contributed by atoms with Gasteiger partial charge in [0.1, 0.15) is 34.1 Å². The first-order valence-electron chi connectivity index (χ1n) is 8.35. The molecule has 140 valence electrons. The second-order valence-electron chi connectivity index (χ2n) is 6.05. The summed E-state index contributed by atoms with van der Waals surface area (Å²) in [5.74, 6) is -0.513. The molecule has 4 rings (SSSR count). The topological polar surface area (TPSA) is 89.8 Å². The normalized spacial score (nSPS) is 10.9. The molecule has 0 bridgehead atoms. The molecule has 0 aliphatic carbocycles. The van der Waals surface area contributed by atoms with Gasteiger partial charge in [-0.15, -0.1) is 0 Å². The van der Waals surface area contributed by atoms with Gasteiger partial charge in [-0.3, -0.25) is 19.1 Å². The monoisotopic (exact) mass is 395 g/mol. The zero-order valence-electron chi connectivity index (χ0n) is 14.7. The van der Waals surface area contributed by atoms with Crippen LogP contribution in [0.15, 0.2) is 53.6 Å². The molecule has 0 saturated carbocycles. The van der Waals surface area contributed by atoms with Gasteiger partial charge in [-0.25, -0.2) is 9.37 Å². The van der Waals surface area contributed by atoms with Crippen molar-refractivity contribution >= 4 is 33.3 Å². The number of hydrogen-bond acceptors (Lipinski definition) is 6. The van der Waals surface area contributed by atoms with Crippen molar-refractivity contribution in [1.29, 1.82) is 0 Å². The fourth-order valence-electron chi connectivity index (χ4n) is 2.82. The second kappa shape index (κ2) is 7.28. The summed E-state index contributed by atoms with van der Waals surface area (Å²) in [5.41, 5.74) is 1.91. The quantitative estimate of drug-likeness (QED) is 0.574. The third kappa shape index (κ3) is 3.39. The van der Waals surface area contributed by atoms with Crippen LogP contribution >= 0.6 is 11.5 Å². The van der Waals surface area contributed by atoms with Crippen molar-refractivity contribution in [3.05, 3.63) is 70.8 Å². The molecule has 0 aliphatic rings. The van der Waals surface area contributed by atoms with E-state index in [2.05, 4.69) is 19.7 Å². The minimum absolute atomic E-state index is 0.230. The van der Waals surface area contributed by atoms with Crippen LogP contribution in [0.3, 0.4) is 0 Å². The van der Waals surface area contributed by atoms with Crippen LogP contribution in [0.1, 0.15) is 5.82 Å². The van der Waals surface area contributed by atoms with Gasteiger partial charge >= 0.3 is 0 Å². The molecular weight excluding hydrogens is 381 g/mol. The Hall–Kier alpha value is -3.46. The highest BCUT2D eigenvalue weighted by molar-refractivity contribution is 7.13. The minimum atomic E-state index is -0.456. The number of aromatic nitrogens is 4. The van der Waals surface area contributed by atoms with Crippen LogP contribution in [0, 0.1) is 12.7 Å². The van der Waals surface area contributed by atoms with E-state index in [0.717, 1.165) is 17.1 Å². The SMILES string of the molecule is Cc1nc2c(-c3ccncc3)nsc2c(=O)n1CC(=O)Nc1cccc(F)c1. The second-order valence-corrected chi connectivity index (χ2v) is 6.83. The van der Waals surface area contributed by atoms with Crippen molar-refractivity contribution in [3.8, 4) is 11.3 Å². The first-order valence-corrected chi connectivity index (χ1v) is 9.13. The number of hydrogen-bond donors (Lipinski definition) is 1. The first kappa shape index (κ1) is 17.9. The van der Waals surface area contributed by atoms with Gasteiger partial charge in [0.2, 0.25) is 5.91 Å². The molecule has 0 aliphatic heterocycles. The van der Waals surface area contributed by atoms with Crippen molar-refractivity contribution in [2.45, 2.75) is 13.5 Å². The van der Waals surface area contributed by atoms with Crippen molar-refractivity contribution in [1.82, 2.24) is 18.9 Å². The molecule has 0 radical (unpaired) electrons. The number of nitrogens with zero attached hydrogens (tertiary/aromatic N) is 4. The van der Waals surface area contributed by atoms with E-state index >= 15 is 0 Å². The van der Waals surface area contributed by atoms with E-state index in [9.17, 15) is 14.0 Å². The lowest BCUT2D eigenvalue weighted by atomic mass is 10.2. The van der Waals surface area contributed by atoms with Crippen LogP contribution in [-0.4, -0.2) is 24.8 Å². The summed E-state index contributed by atoms with van der Waals surface area (Å²) in [7, 11) is 0. The zero-order valence-corrected chi connectivity index (χ0v) is 15.5. The number of anilines is 1. The number of nitrogens with one attached hydrogen (secondary N) is 1. The Kier molecular flexibility index (Phi) is 4.66. The Morgan fingerprint density at radius 2 is 2.04 bits per heavy atom. The smallest absolute Gasteiger partial charge is 0.273 e. The van der Waals surface area contributed by atoms with Crippen molar-refractivity contribution in [2.24, 2.45) is 0 Å². The standard InChI is InChI=1S/C19H14FN5O2S/c1-11-22-17-16(12-5-7-21-8-6-12)24-28-18(17)19(27)25(11)10-15(26)23-14-4-2-3-13(20)9-14/h2-9H,10H2,1H3,(H,23,26). The number of pyridine rings is 1. The Balaban J connectivity index is 1.67. The lowest BCUT2D eigenvalue weighted by Gasteiger charge is -2.10. The molecule has 0 unspecified atom stereocenters. The predicted octanol–water partition coefficient (Wildman–Crippen LogP) is 3.00. The van der Waals surface area contributed by atoms with Gasteiger partial charge in [0.05, 0.1) is 0 Å². The van der Waals surface area contributed by atoms with Gasteiger partial charge in [-0.1, -0.05) is 6.07 Å². The van der Waals surface area contributed by atoms with Gasteiger partial charge in [-0.2, -0.15) is 4.37 Å². The van der Waals surface area contributed by atoms with Gasteiger partial charge in [0.15, 0.2) is 0 Å². The highest BCUT2D eigenvalue weighted by atomic mass is 32.1. The molecule has 3 aromatic heterocycles. The van der Waals surface area contributed by atoms with E-state index in [1.807, 2.05) is 0 Å². The number of carbonyl (C=O) groups excluding carboxylic acids is 1. The molecule has 1 aromatic carbocycles. The highest BCUT2D eigenvalue weighted by Gasteiger charge is 2.18. The fourth-order valence-corrected chi connectivity index (χ4v) is 3.61. The maximum absolute atomic E-state index is 13.3. The van der Waals surface area contributed by atoms with E-state index < -0.39 is 11.7 Å². The van der Waals surface area contributed by atoms with E-state index in [1.165, 1.54) is 22.8 Å². The number of amides is 1. The van der Waals surface area contributed by atoms with Gasteiger partial charge in [0, 0.05) is 23.6 Å². The molecule has 7 nitrogen and oxygen atoms in total. The molecule has 1 amide bonds. The van der Waals surface area contributed by atoms with Gasteiger partial charge < -0.3 is 5.32 Å². The summed E-state index contributed by atoms with van der Waals surface area (Å²) in [6, 6.07) is 9.15. The molecule has 9 heteroatoms. The van der Waals surface area contributed by atoms with Crippen LogP contribution in [0.5, 0.6) is 0 Å². The summed E-state index contributed by atoms with van der Waals surface area (Å²) < 4.78 is 19.3. The van der Waals surface area contributed by atoms with Crippen LogP contribution in [-0.2, 0) is 11.3 Å². The fraction of sp³-hybridized carbons (Fsp3) is 0.105. The third-order valence-corrected chi connectivity index (χ3v) is 4.96. The average Bonchev–Trinajstić information content (AvgIpc) is 3.09. The zero-order chi connectivity index (χ0) is 19.7. The number of carbonyl (C=O) groups is 1. The summed E-state index contributed by atoms with van der Waals surface area (Å²) in [5, 5.41) is 2.58. The number of halogens is 1.